The Labute approximate surface area is 113 Å². The molecule has 1 aromatic rings. The van der Waals surface area contributed by atoms with Crippen molar-refractivity contribution in [1.82, 2.24) is 4.90 Å². The maximum absolute atomic E-state index is 12.4. The highest BCUT2D eigenvalue weighted by Gasteiger charge is 2.21. The fourth-order valence-electron chi connectivity index (χ4n) is 2.35. The SMILES string of the molecule is CC1CCCN(C(=O)c2cc(Cl)ccc2N)CC1. The zero-order chi connectivity index (χ0) is 13.1. The van der Waals surface area contributed by atoms with Crippen LogP contribution in [0.1, 0.15) is 36.5 Å². The highest BCUT2D eigenvalue weighted by molar-refractivity contribution is 6.31. The highest BCUT2D eigenvalue weighted by atomic mass is 35.5. The van der Waals surface area contributed by atoms with Gasteiger partial charge in [-0.05, 0) is 43.4 Å². The van der Waals surface area contributed by atoms with Crippen LogP contribution in [-0.4, -0.2) is 23.9 Å². The van der Waals surface area contributed by atoms with Crippen molar-refractivity contribution in [3.63, 3.8) is 0 Å². The normalized spacial score (nSPS) is 20.6. The summed E-state index contributed by atoms with van der Waals surface area (Å²) in [5, 5.41) is 0.552. The second kappa shape index (κ2) is 5.61. The lowest BCUT2D eigenvalue weighted by Gasteiger charge is -2.21. The van der Waals surface area contributed by atoms with E-state index in [2.05, 4.69) is 6.92 Å². The van der Waals surface area contributed by atoms with Crippen LogP contribution >= 0.6 is 11.6 Å². The van der Waals surface area contributed by atoms with E-state index in [9.17, 15) is 4.79 Å². The lowest BCUT2D eigenvalue weighted by molar-refractivity contribution is 0.0761. The molecule has 1 unspecified atom stereocenters. The second-order valence-corrected chi connectivity index (χ2v) is 5.50. The lowest BCUT2D eigenvalue weighted by atomic mass is 10.0. The number of hydrogen-bond acceptors (Lipinski definition) is 2. The van der Waals surface area contributed by atoms with E-state index in [-0.39, 0.29) is 5.91 Å². The molecular weight excluding hydrogens is 248 g/mol. The number of carbonyl (C=O) groups is 1. The van der Waals surface area contributed by atoms with Crippen molar-refractivity contribution in [1.29, 1.82) is 0 Å². The average Bonchev–Trinajstić information content (AvgIpc) is 2.56. The molecule has 1 aliphatic rings. The van der Waals surface area contributed by atoms with E-state index in [1.165, 1.54) is 6.42 Å². The number of anilines is 1. The molecular formula is C14H19ClN2O. The Bertz CT molecular complexity index is 447. The number of amides is 1. The summed E-state index contributed by atoms with van der Waals surface area (Å²) in [5.41, 5.74) is 6.88. The summed E-state index contributed by atoms with van der Waals surface area (Å²) in [7, 11) is 0. The predicted octanol–water partition coefficient (Wildman–Crippen LogP) is 3.18. The molecule has 1 fully saturated rings. The number of hydrogen-bond donors (Lipinski definition) is 1. The molecule has 1 heterocycles. The first-order chi connectivity index (χ1) is 8.58. The summed E-state index contributed by atoms with van der Waals surface area (Å²) in [4.78, 5) is 14.3. The third-order valence-electron chi connectivity index (χ3n) is 3.55. The van der Waals surface area contributed by atoms with Gasteiger partial charge in [-0.3, -0.25) is 4.79 Å². The zero-order valence-electron chi connectivity index (χ0n) is 10.7. The molecule has 0 aromatic heterocycles. The van der Waals surface area contributed by atoms with Gasteiger partial charge in [-0.1, -0.05) is 18.5 Å². The molecule has 2 N–H and O–H groups in total. The third-order valence-corrected chi connectivity index (χ3v) is 3.78. The van der Waals surface area contributed by atoms with E-state index < -0.39 is 0 Å². The van der Waals surface area contributed by atoms with Gasteiger partial charge in [0.1, 0.15) is 0 Å². The number of benzene rings is 1. The van der Waals surface area contributed by atoms with E-state index in [4.69, 9.17) is 17.3 Å². The molecule has 1 amide bonds. The van der Waals surface area contributed by atoms with E-state index in [1.807, 2.05) is 4.90 Å². The molecule has 4 heteroatoms. The van der Waals surface area contributed by atoms with Crippen molar-refractivity contribution in [2.24, 2.45) is 5.92 Å². The molecule has 98 valence electrons. The minimum Gasteiger partial charge on any atom is -0.398 e. The highest BCUT2D eigenvalue weighted by Crippen LogP contribution is 2.22. The number of rotatable bonds is 1. The summed E-state index contributed by atoms with van der Waals surface area (Å²) in [5.74, 6) is 0.698. The fraction of sp³-hybridized carbons (Fsp3) is 0.500. The van der Waals surface area contributed by atoms with Gasteiger partial charge in [0.15, 0.2) is 0 Å². The van der Waals surface area contributed by atoms with Crippen molar-refractivity contribution in [3.05, 3.63) is 28.8 Å². The molecule has 1 saturated heterocycles. The second-order valence-electron chi connectivity index (χ2n) is 5.06. The molecule has 1 atom stereocenters. The van der Waals surface area contributed by atoms with Crippen molar-refractivity contribution < 1.29 is 4.79 Å². The zero-order valence-corrected chi connectivity index (χ0v) is 11.4. The Morgan fingerprint density at radius 2 is 2.17 bits per heavy atom. The van der Waals surface area contributed by atoms with Crippen LogP contribution in [0.25, 0.3) is 0 Å². The van der Waals surface area contributed by atoms with Gasteiger partial charge in [-0.25, -0.2) is 0 Å². The largest absolute Gasteiger partial charge is 0.398 e. The number of nitrogens with zero attached hydrogens (tertiary/aromatic N) is 1. The molecule has 0 radical (unpaired) electrons. The smallest absolute Gasteiger partial charge is 0.255 e. The van der Waals surface area contributed by atoms with E-state index >= 15 is 0 Å². The molecule has 0 spiro atoms. The van der Waals surface area contributed by atoms with Crippen molar-refractivity contribution in [2.45, 2.75) is 26.2 Å². The summed E-state index contributed by atoms with van der Waals surface area (Å²) in [6, 6.07) is 5.06. The van der Waals surface area contributed by atoms with Gasteiger partial charge in [-0.15, -0.1) is 0 Å². The summed E-state index contributed by atoms with van der Waals surface area (Å²) >= 11 is 5.93. The summed E-state index contributed by atoms with van der Waals surface area (Å²) < 4.78 is 0. The Hall–Kier alpha value is -1.22. The number of likely N-dealkylation sites (tertiary alicyclic amines) is 1. The molecule has 0 saturated carbocycles. The van der Waals surface area contributed by atoms with Gasteiger partial charge in [-0.2, -0.15) is 0 Å². The van der Waals surface area contributed by atoms with Crippen molar-refractivity contribution >= 4 is 23.2 Å². The Morgan fingerprint density at radius 1 is 1.39 bits per heavy atom. The van der Waals surface area contributed by atoms with Crippen LogP contribution in [-0.2, 0) is 0 Å². The van der Waals surface area contributed by atoms with Gasteiger partial charge in [0.05, 0.1) is 5.56 Å². The van der Waals surface area contributed by atoms with Crippen molar-refractivity contribution in [2.75, 3.05) is 18.8 Å². The third kappa shape index (κ3) is 2.96. The Morgan fingerprint density at radius 3 is 2.94 bits per heavy atom. The Balaban J connectivity index is 2.17. The van der Waals surface area contributed by atoms with E-state index in [0.29, 0.717) is 22.2 Å². The van der Waals surface area contributed by atoms with Gasteiger partial charge in [0, 0.05) is 23.8 Å². The topological polar surface area (TPSA) is 46.3 Å². The van der Waals surface area contributed by atoms with Gasteiger partial charge in [0.25, 0.3) is 5.91 Å². The first-order valence-corrected chi connectivity index (χ1v) is 6.80. The Kier molecular flexibility index (Phi) is 4.12. The maximum Gasteiger partial charge on any atom is 0.255 e. The first kappa shape index (κ1) is 13.2. The fourth-order valence-corrected chi connectivity index (χ4v) is 2.52. The first-order valence-electron chi connectivity index (χ1n) is 6.42. The van der Waals surface area contributed by atoms with Crippen LogP contribution in [0.2, 0.25) is 5.02 Å². The maximum atomic E-state index is 12.4. The van der Waals surface area contributed by atoms with Crippen molar-refractivity contribution in [3.8, 4) is 0 Å². The van der Waals surface area contributed by atoms with Gasteiger partial charge < -0.3 is 10.6 Å². The van der Waals surface area contributed by atoms with Gasteiger partial charge in [0.2, 0.25) is 0 Å². The quantitative estimate of drug-likeness (QED) is 0.794. The molecule has 18 heavy (non-hydrogen) atoms. The summed E-state index contributed by atoms with van der Waals surface area (Å²) in [6.45, 7) is 3.86. The minimum absolute atomic E-state index is 0.00380. The van der Waals surface area contributed by atoms with Crippen LogP contribution in [0.5, 0.6) is 0 Å². The molecule has 1 aromatic carbocycles. The van der Waals surface area contributed by atoms with E-state index in [1.54, 1.807) is 18.2 Å². The number of halogens is 1. The predicted molar refractivity (Wildman–Crippen MR) is 74.8 cm³/mol. The van der Waals surface area contributed by atoms with Crippen LogP contribution in [0, 0.1) is 5.92 Å². The van der Waals surface area contributed by atoms with Crippen LogP contribution in [0.3, 0.4) is 0 Å². The molecule has 0 aliphatic carbocycles. The minimum atomic E-state index is 0.00380. The average molecular weight is 267 g/mol. The number of nitrogen functional groups attached to an aromatic ring is 1. The monoisotopic (exact) mass is 266 g/mol. The lowest BCUT2D eigenvalue weighted by Crippen LogP contribution is -2.32. The number of nitrogens with two attached hydrogens (primary N) is 1. The number of carbonyl (C=O) groups excluding carboxylic acids is 1. The molecule has 2 rings (SSSR count). The van der Waals surface area contributed by atoms with Gasteiger partial charge >= 0.3 is 0 Å². The summed E-state index contributed by atoms with van der Waals surface area (Å²) in [6.07, 6.45) is 3.31. The van der Waals surface area contributed by atoms with Crippen LogP contribution < -0.4 is 5.73 Å². The van der Waals surface area contributed by atoms with Crippen LogP contribution in [0.4, 0.5) is 5.69 Å². The standard InChI is InChI=1S/C14H19ClN2O/c1-10-3-2-7-17(8-6-10)14(18)12-9-11(15)4-5-13(12)16/h4-5,9-10H,2-3,6-8,16H2,1H3. The molecule has 1 aliphatic heterocycles. The van der Waals surface area contributed by atoms with E-state index in [0.717, 1.165) is 25.9 Å². The molecule has 0 bridgehead atoms. The van der Waals surface area contributed by atoms with Crippen LogP contribution in [0.15, 0.2) is 18.2 Å². The molecule has 3 nitrogen and oxygen atoms in total.